The van der Waals surface area contributed by atoms with Crippen LogP contribution < -0.4 is 5.32 Å². The third-order valence-electron chi connectivity index (χ3n) is 2.81. The molecule has 0 radical (unpaired) electrons. The van der Waals surface area contributed by atoms with E-state index in [0.29, 0.717) is 5.92 Å². The molecular weight excluding hydrogens is 184 g/mol. The van der Waals surface area contributed by atoms with Crippen molar-refractivity contribution >= 4 is 5.84 Å². The number of hydrogen-bond acceptors (Lipinski definition) is 2. The Morgan fingerprint density at radius 1 is 1.53 bits per heavy atom. The van der Waals surface area contributed by atoms with E-state index in [1.54, 1.807) is 6.20 Å². The van der Waals surface area contributed by atoms with Crippen molar-refractivity contribution in [3.8, 4) is 0 Å². The van der Waals surface area contributed by atoms with Gasteiger partial charge in [-0.15, -0.1) is 0 Å². The van der Waals surface area contributed by atoms with Gasteiger partial charge in [0.25, 0.3) is 0 Å². The molecular formula is C13H16N2. The minimum atomic E-state index is 0.711. The molecule has 1 N–H and O–H groups in total. The van der Waals surface area contributed by atoms with E-state index in [0.717, 1.165) is 5.84 Å². The molecule has 0 aromatic carbocycles. The number of hydrogen-bond donors (Lipinski definition) is 1. The van der Waals surface area contributed by atoms with Crippen molar-refractivity contribution in [2.45, 2.75) is 19.8 Å². The van der Waals surface area contributed by atoms with Gasteiger partial charge in [0.15, 0.2) is 0 Å². The van der Waals surface area contributed by atoms with Gasteiger partial charge < -0.3 is 5.32 Å². The maximum absolute atomic E-state index is 4.39. The molecule has 2 heteroatoms. The van der Waals surface area contributed by atoms with Gasteiger partial charge in [-0.05, 0) is 43.0 Å². The molecule has 1 fully saturated rings. The van der Waals surface area contributed by atoms with Crippen LogP contribution in [-0.2, 0) is 0 Å². The average Bonchev–Trinajstić information content (AvgIpc) is 3.00. The summed E-state index contributed by atoms with van der Waals surface area (Å²) < 4.78 is 0. The molecule has 2 aliphatic rings. The third kappa shape index (κ3) is 1.80. The van der Waals surface area contributed by atoms with Crippen LogP contribution in [0.25, 0.3) is 0 Å². The summed E-state index contributed by atoms with van der Waals surface area (Å²) in [7, 11) is 0. The fraction of sp³-hybridized carbons (Fsp3) is 0.308. The highest BCUT2D eigenvalue weighted by molar-refractivity contribution is 6.06. The Hall–Kier alpha value is -1.57. The monoisotopic (exact) mass is 200 g/mol. The van der Waals surface area contributed by atoms with Gasteiger partial charge in [0, 0.05) is 11.8 Å². The van der Waals surface area contributed by atoms with Crippen molar-refractivity contribution in [2.24, 2.45) is 10.9 Å². The maximum Gasteiger partial charge on any atom is 0.137 e. The van der Waals surface area contributed by atoms with Crippen molar-refractivity contribution < 1.29 is 0 Å². The second-order valence-electron chi connectivity index (χ2n) is 3.95. The summed E-state index contributed by atoms with van der Waals surface area (Å²) in [4.78, 5) is 4.39. The van der Waals surface area contributed by atoms with Crippen molar-refractivity contribution in [3.63, 3.8) is 0 Å². The van der Waals surface area contributed by atoms with Crippen LogP contribution in [0.2, 0.25) is 0 Å². The quantitative estimate of drug-likeness (QED) is 0.744. The number of allylic oxidation sites excluding steroid dienone is 2. The Labute approximate surface area is 90.8 Å². The van der Waals surface area contributed by atoms with Crippen molar-refractivity contribution in [1.82, 2.24) is 5.32 Å². The molecule has 1 aliphatic heterocycles. The van der Waals surface area contributed by atoms with Crippen LogP contribution in [-0.4, -0.2) is 5.84 Å². The van der Waals surface area contributed by atoms with Gasteiger partial charge in [0.1, 0.15) is 5.84 Å². The summed E-state index contributed by atoms with van der Waals surface area (Å²) in [5, 5.41) is 3.08. The number of aliphatic imine (C=N–C) groups is 1. The number of amidine groups is 1. The van der Waals surface area contributed by atoms with Crippen LogP contribution in [0.4, 0.5) is 0 Å². The van der Waals surface area contributed by atoms with Crippen LogP contribution in [0, 0.1) is 5.92 Å². The molecule has 0 atom stereocenters. The molecule has 0 spiro atoms. The summed E-state index contributed by atoms with van der Waals surface area (Å²) in [5.41, 5.74) is 3.75. The molecule has 15 heavy (non-hydrogen) atoms. The second kappa shape index (κ2) is 3.89. The topological polar surface area (TPSA) is 24.4 Å². The van der Waals surface area contributed by atoms with Crippen LogP contribution in [0.5, 0.6) is 0 Å². The Kier molecular flexibility index (Phi) is 2.58. The lowest BCUT2D eigenvalue weighted by atomic mass is 9.98. The molecule has 0 saturated heterocycles. The van der Waals surface area contributed by atoms with Gasteiger partial charge in [-0.1, -0.05) is 19.2 Å². The van der Waals surface area contributed by atoms with Crippen LogP contribution >= 0.6 is 0 Å². The molecule has 0 aromatic heterocycles. The lowest BCUT2D eigenvalue weighted by molar-refractivity contribution is 1.03. The average molecular weight is 200 g/mol. The zero-order valence-electron chi connectivity index (χ0n) is 9.09. The van der Waals surface area contributed by atoms with Crippen molar-refractivity contribution in [2.75, 3.05) is 0 Å². The highest BCUT2D eigenvalue weighted by Gasteiger charge is 2.32. The molecule has 0 amide bonds. The normalized spacial score (nSPS) is 23.0. The first-order valence-electron chi connectivity index (χ1n) is 5.27. The maximum atomic E-state index is 4.39. The predicted octanol–water partition coefficient (Wildman–Crippen LogP) is 2.93. The van der Waals surface area contributed by atoms with E-state index < -0.39 is 0 Å². The molecule has 0 aromatic rings. The van der Waals surface area contributed by atoms with Gasteiger partial charge in [-0.2, -0.15) is 0 Å². The van der Waals surface area contributed by atoms with Gasteiger partial charge in [0.05, 0.1) is 0 Å². The SMILES string of the molecule is C=CNC1=NC=C(C2CC2)/C1=C(/C)C=C. The third-order valence-corrected chi connectivity index (χ3v) is 2.81. The van der Waals surface area contributed by atoms with E-state index in [2.05, 4.69) is 30.4 Å². The van der Waals surface area contributed by atoms with E-state index in [-0.39, 0.29) is 0 Å². The number of rotatable bonds is 3. The highest BCUT2D eigenvalue weighted by Crippen LogP contribution is 2.42. The van der Waals surface area contributed by atoms with Crippen LogP contribution in [0.1, 0.15) is 19.8 Å². The Balaban J connectivity index is 2.33. The molecule has 1 saturated carbocycles. The summed E-state index contributed by atoms with van der Waals surface area (Å²) >= 11 is 0. The van der Waals surface area contributed by atoms with Crippen LogP contribution in [0.15, 0.2) is 53.3 Å². The molecule has 2 rings (SSSR count). The molecule has 2 nitrogen and oxygen atoms in total. The fourth-order valence-corrected chi connectivity index (χ4v) is 1.83. The summed E-state index contributed by atoms with van der Waals surface area (Å²) in [6, 6.07) is 0. The van der Waals surface area contributed by atoms with E-state index in [4.69, 9.17) is 0 Å². The smallest absolute Gasteiger partial charge is 0.137 e. The summed E-state index contributed by atoms with van der Waals surface area (Å²) in [6.45, 7) is 9.56. The first kappa shape index (κ1) is 9.97. The molecule has 1 heterocycles. The largest absolute Gasteiger partial charge is 0.347 e. The molecule has 0 unspecified atom stereocenters. The molecule has 0 bridgehead atoms. The van der Waals surface area contributed by atoms with E-state index in [1.807, 2.05) is 12.3 Å². The van der Waals surface area contributed by atoms with Crippen LogP contribution in [0.3, 0.4) is 0 Å². The van der Waals surface area contributed by atoms with E-state index in [9.17, 15) is 0 Å². The number of nitrogens with one attached hydrogen (secondary N) is 1. The van der Waals surface area contributed by atoms with E-state index in [1.165, 1.54) is 29.6 Å². The summed E-state index contributed by atoms with van der Waals surface area (Å²) in [6.07, 6.45) is 8.11. The standard InChI is InChI=1S/C13H16N2/c1-4-9(3)12-11(10-6-7-10)8-15-13(12)14-5-2/h4-5,8,10H,1-2,6-7H2,3H3,(H,14,15)/b12-9+. The van der Waals surface area contributed by atoms with Crippen molar-refractivity contribution in [1.29, 1.82) is 0 Å². The minimum absolute atomic E-state index is 0.711. The first-order valence-corrected chi connectivity index (χ1v) is 5.27. The molecule has 78 valence electrons. The van der Waals surface area contributed by atoms with Gasteiger partial charge in [-0.3, -0.25) is 0 Å². The zero-order valence-corrected chi connectivity index (χ0v) is 9.09. The predicted molar refractivity (Wildman–Crippen MR) is 64.5 cm³/mol. The first-order chi connectivity index (χ1) is 7.27. The Bertz CT molecular complexity index is 393. The zero-order chi connectivity index (χ0) is 10.8. The van der Waals surface area contributed by atoms with Gasteiger partial charge in [0.2, 0.25) is 0 Å². The molecule has 1 aliphatic carbocycles. The van der Waals surface area contributed by atoms with Crippen molar-refractivity contribution in [3.05, 3.63) is 48.4 Å². The second-order valence-corrected chi connectivity index (χ2v) is 3.95. The summed E-state index contributed by atoms with van der Waals surface area (Å²) in [5.74, 6) is 1.62. The van der Waals surface area contributed by atoms with E-state index >= 15 is 0 Å². The lowest BCUT2D eigenvalue weighted by Gasteiger charge is -2.10. The Morgan fingerprint density at radius 3 is 2.80 bits per heavy atom. The highest BCUT2D eigenvalue weighted by atomic mass is 15.0. The number of nitrogens with zero attached hydrogens (tertiary/aromatic N) is 1. The minimum Gasteiger partial charge on any atom is -0.347 e. The van der Waals surface area contributed by atoms with Gasteiger partial charge in [-0.25, -0.2) is 4.99 Å². The Morgan fingerprint density at radius 2 is 2.27 bits per heavy atom. The fourth-order valence-electron chi connectivity index (χ4n) is 1.83. The van der Waals surface area contributed by atoms with Gasteiger partial charge >= 0.3 is 0 Å². The lowest BCUT2D eigenvalue weighted by Crippen LogP contribution is -2.19.